The van der Waals surface area contributed by atoms with Crippen LogP contribution in [0.25, 0.3) is 0 Å². The molecule has 0 radical (unpaired) electrons. The van der Waals surface area contributed by atoms with Gasteiger partial charge in [-0.25, -0.2) is 9.97 Å². The molecule has 0 aliphatic carbocycles. The molecule has 0 saturated heterocycles. The third-order valence-electron chi connectivity index (χ3n) is 3.61. The molecule has 1 aromatic carbocycles. The quantitative estimate of drug-likeness (QED) is 0.771. The highest BCUT2D eigenvalue weighted by Gasteiger charge is 2.13. The molecule has 1 atom stereocenters. The van der Waals surface area contributed by atoms with Gasteiger partial charge >= 0.3 is 0 Å². The monoisotopic (exact) mass is 266 g/mol. The zero-order chi connectivity index (χ0) is 13.8. The van der Waals surface area contributed by atoms with Crippen LogP contribution in [-0.2, 0) is 13.0 Å². The number of aryl methyl sites for hydroxylation is 2. The molecule has 1 N–H and O–H groups in total. The number of benzene rings is 1. The van der Waals surface area contributed by atoms with Gasteiger partial charge in [-0.05, 0) is 5.56 Å². The number of hydrogen-bond acceptors (Lipinski definition) is 2. The molecule has 0 amide bonds. The van der Waals surface area contributed by atoms with Crippen LogP contribution in [0.1, 0.15) is 29.9 Å². The first-order chi connectivity index (χ1) is 9.84. The van der Waals surface area contributed by atoms with Gasteiger partial charge in [0.15, 0.2) is 0 Å². The fourth-order valence-corrected chi connectivity index (χ4v) is 2.44. The number of rotatable bonds is 5. The summed E-state index contributed by atoms with van der Waals surface area (Å²) in [4.78, 5) is 11.7. The molecule has 0 fully saturated rings. The minimum absolute atomic E-state index is 0.299. The molecule has 2 heterocycles. The molecule has 4 heteroatoms. The van der Waals surface area contributed by atoms with Gasteiger partial charge in [0.1, 0.15) is 5.82 Å². The Hall–Kier alpha value is -2.36. The standard InChI is InChI=1S/C16H18N4/c1-13(14-5-3-2-4-6-14)16-18-8-10-20(16)9-7-15-11-17-12-19-15/h2-6,8,10-13H,7,9H2,1H3,(H,17,19)/t13-/m1/s1. The van der Waals surface area contributed by atoms with E-state index in [-0.39, 0.29) is 0 Å². The lowest BCUT2D eigenvalue weighted by atomic mass is 10.0. The second kappa shape index (κ2) is 5.74. The molecule has 20 heavy (non-hydrogen) atoms. The first kappa shape index (κ1) is 12.7. The summed E-state index contributed by atoms with van der Waals surface area (Å²) in [6.45, 7) is 3.11. The highest BCUT2D eigenvalue weighted by Crippen LogP contribution is 2.22. The predicted octanol–water partition coefficient (Wildman–Crippen LogP) is 3.00. The highest BCUT2D eigenvalue weighted by atomic mass is 15.1. The van der Waals surface area contributed by atoms with E-state index in [0.717, 1.165) is 24.5 Å². The first-order valence-corrected chi connectivity index (χ1v) is 6.88. The molecule has 4 nitrogen and oxygen atoms in total. The van der Waals surface area contributed by atoms with Crippen LogP contribution in [-0.4, -0.2) is 19.5 Å². The number of nitrogens with one attached hydrogen (secondary N) is 1. The van der Waals surface area contributed by atoms with Crippen molar-refractivity contribution < 1.29 is 0 Å². The van der Waals surface area contributed by atoms with Crippen LogP contribution in [0, 0.1) is 0 Å². The maximum absolute atomic E-state index is 4.53. The molecule has 0 saturated carbocycles. The summed E-state index contributed by atoms with van der Waals surface area (Å²) < 4.78 is 2.22. The van der Waals surface area contributed by atoms with Crippen molar-refractivity contribution in [2.75, 3.05) is 0 Å². The van der Waals surface area contributed by atoms with Gasteiger partial charge in [-0.1, -0.05) is 37.3 Å². The molecule has 0 unspecified atom stereocenters. The smallest absolute Gasteiger partial charge is 0.115 e. The highest BCUT2D eigenvalue weighted by molar-refractivity contribution is 5.25. The van der Waals surface area contributed by atoms with Gasteiger partial charge in [0.2, 0.25) is 0 Å². The predicted molar refractivity (Wildman–Crippen MR) is 78.5 cm³/mol. The van der Waals surface area contributed by atoms with E-state index in [1.54, 1.807) is 6.33 Å². The number of aromatic amines is 1. The van der Waals surface area contributed by atoms with Crippen LogP contribution in [0.5, 0.6) is 0 Å². The third kappa shape index (κ3) is 2.64. The lowest BCUT2D eigenvalue weighted by Gasteiger charge is -2.14. The van der Waals surface area contributed by atoms with Crippen molar-refractivity contribution in [1.82, 2.24) is 19.5 Å². The summed E-state index contributed by atoms with van der Waals surface area (Å²) in [7, 11) is 0. The van der Waals surface area contributed by atoms with E-state index in [0.29, 0.717) is 5.92 Å². The number of aromatic nitrogens is 4. The average molecular weight is 266 g/mol. The summed E-state index contributed by atoms with van der Waals surface area (Å²) in [6.07, 6.45) is 8.45. The van der Waals surface area contributed by atoms with Crippen molar-refractivity contribution in [2.45, 2.75) is 25.8 Å². The molecule has 102 valence electrons. The van der Waals surface area contributed by atoms with E-state index in [1.165, 1.54) is 5.56 Å². The van der Waals surface area contributed by atoms with Gasteiger partial charge in [-0.15, -0.1) is 0 Å². The van der Waals surface area contributed by atoms with Crippen molar-refractivity contribution in [3.05, 3.63) is 72.3 Å². The Balaban J connectivity index is 1.76. The fourth-order valence-electron chi connectivity index (χ4n) is 2.44. The van der Waals surface area contributed by atoms with E-state index in [2.05, 4.69) is 50.7 Å². The Morgan fingerprint density at radius 3 is 2.85 bits per heavy atom. The minimum Gasteiger partial charge on any atom is -0.348 e. The third-order valence-corrected chi connectivity index (χ3v) is 3.61. The number of nitrogens with zero attached hydrogens (tertiary/aromatic N) is 3. The second-order valence-corrected chi connectivity index (χ2v) is 4.94. The van der Waals surface area contributed by atoms with E-state index in [4.69, 9.17) is 0 Å². The first-order valence-electron chi connectivity index (χ1n) is 6.88. The lowest BCUT2D eigenvalue weighted by Crippen LogP contribution is -2.09. The van der Waals surface area contributed by atoms with Crippen molar-refractivity contribution in [2.24, 2.45) is 0 Å². The maximum Gasteiger partial charge on any atom is 0.115 e. The van der Waals surface area contributed by atoms with E-state index in [9.17, 15) is 0 Å². The van der Waals surface area contributed by atoms with Gasteiger partial charge in [-0.2, -0.15) is 0 Å². The SMILES string of the molecule is C[C@H](c1ccccc1)c1nccn1CCc1cnc[nH]1. The molecular weight excluding hydrogens is 248 g/mol. The average Bonchev–Trinajstić information content (AvgIpc) is 3.16. The summed E-state index contributed by atoms with van der Waals surface area (Å²) in [5, 5.41) is 0. The maximum atomic E-state index is 4.53. The summed E-state index contributed by atoms with van der Waals surface area (Å²) in [5.41, 5.74) is 2.44. The van der Waals surface area contributed by atoms with Crippen molar-refractivity contribution in [3.8, 4) is 0 Å². The topological polar surface area (TPSA) is 46.5 Å². The Morgan fingerprint density at radius 2 is 2.10 bits per heavy atom. The molecule has 0 aliphatic heterocycles. The van der Waals surface area contributed by atoms with Crippen LogP contribution in [0.15, 0.2) is 55.2 Å². The Labute approximate surface area is 118 Å². The van der Waals surface area contributed by atoms with E-state index < -0.39 is 0 Å². The van der Waals surface area contributed by atoms with Gasteiger partial charge in [0.05, 0.1) is 6.33 Å². The van der Waals surface area contributed by atoms with Crippen molar-refractivity contribution in [1.29, 1.82) is 0 Å². The lowest BCUT2D eigenvalue weighted by molar-refractivity contribution is 0.627. The largest absolute Gasteiger partial charge is 0.348 e. The normalized spacial score (nSPS) is 12.4. The minimum atomic E-state index is 0.299. The van der Waals surface area contributed by atoms with Crippen LogP contribution in [0.3, 0.4) is 0 Å². The number of hydrogen-bond donors (Lipinski definition) is 1. The zero-order valence-electron chi connectivity index (χ0n) is 11.5. The van der Waals surface area contributed by atoms with Crippen LogP contribution in [0.2, 0.25) is 0 Å². The summed E-state index contributed by atoms with van der Waals surface area (Å²) in [6, 6.07) is 10.5. The summed E-state index contributed by atoms with van der Waals surface area (Å²) in [5.74, 6) is 1.41. The van der Waals surface area contributed by atoms with E-state index >= 15 is 0 Å². The van der Waals surface area contributed by atoms with Gasteiger partial charge in [0.25, 0.3) is 0 Å². The molecule has 0 bridgehead atoms. The molecular formula is C16H18N4. The molecule has 0 spiro atoms. The molecule has 3 rings (SSSR count). The summed E-state index contributed by atoms with van der Waals surface area (Å²) >= 11 is 0. The Kier molecular flexibility index (Phi) is 3.63. The van der Waals surface area contributed by atoms with E-state index in [1.807, 2.05) is 24.7 Å². The Morgan fingerprint density at radius 1 is 1.25 bits per heavy atom. The van der Waals surface area contributed by atoms with Crippen LogP contribution in [0.4, 0.5) is 0 Å². The van der Waals surface area contributed by atoms with Crippen molar-refractivity contribution in [3.63, 3.8) is 0 Å². The van der Waals surface area contributed by atoms with Gasteiger partial charge in [0, 0.05) is 43.2 Å². The van der Waals surface area contributed by atoms with Crippen molar-refractivity contribution >= 4 is 0 Å². The number of H-pyrrole nitrogens is 1. The van der Waals surface area contributed by atoms with Gasteiger partial charge in [-0.3, -0.25) is 0 Å². The zero-order valence-corrected chi connectivity index (χ0v) is 11.5. The second-order valence-electron chi connectivity index (χ2n) is 4.94. The fraction of sp³-hybridized carbons (Fsp3) is 0.250. The van der Waals surface area contributed by atoms with Crippen LogP contribution < -0.4 is 0 Å². The Bertz CT molecular complexity index is 640. The van der Waals surface area contributed by atoms with Gasteiger partial charge < -0.3 is 9.55 Å². The number of imidazole rings is 2. The molecule has 2 aromatic heterocycles. The van der Waals surface area contributed by atoms with Crippen LogP contribution >= 0.6 is 0 Å². The molecule has 3 aromatic rings. The molecule has 0 aliphatic rings.